The molecule has 0 radical (unpaired) electrons. The van der Waals surface area contributed by atoms with Gasteiger partial charge < -0.3 is 20.4 Å². The molecule has 1 saturated carbocycles. The van der Waals surface area contributed by atoms with Gasteiger partial charge in [0.25, 0.3) is 0 Å². The molecule has 4 atom stereocenters. The highest BCUT2D eigenvalue weighted by Gasteiger charge is 2.48. The highest BCUT2D eigenvalue weighted by atomic mass is 32.2. The van der Waals surface area contributed by atoms with Crippen molar-refractivity contribution < 1.29 is 15.0 Å². The third-order valence-electron chi connectivity index (χ3n) is 6.66. The maximum Gasteiger partial charge on any atom is 0.228 e. The lowest BCUT2D eigenvalue weighted by Crippen LogP contribution is -2.40. The molecule has 37 heavy (non-hydrogen) atoms. The first-order valence-corrected chi connectivity index (χ1v) is 14.0. The Morgan fingerprint density at radius 2 is 1.95 bits per heavy atom. The van der Waals surface area contributed by atoms with Gasteiger partial charge in [0.15, 0.2) is 22.1 Å². The standard InChI is InChI=1S/C25H36N8O3S/c1-4-7-10-27-22-19-23(29-25(28-22)37-13-5-2)33(31-30-19)18-14-17(20(34)21(18)35)24(36)32(6-3)15-16-8-11-26-12-9-16/h8-9,11-12,17-18,20-21,34-35H,4-7,10,13-15H2,1-3H3,(H,27,28,29)/t17-,18+,20+,21-/m0/s1. The minimum Gasteiger partial charge on any atom is -0.390 e. The van der Waals surface area contributed by atoms with Crippen molar-refractivity contribution in [3.8, 4) is 0 Å². The number of nitrogens with zero attached hydrogens (tertiary/aromatic N) is 7. The van der Waals surface area contributed by atoms with E-state index in [-0.39, 0.29) is 12.3 Å². The van der Waals surface area contributed by atoms with Gasteiger partial charge in [0.1, 0.15) is 6.10 Å². The van der Waals surface area contributed by atoms with E-state index in [1.165, 1.54) is 0 Å². The number of aliphatic hydroxyl groups excluding tert-OH is 2. The number of aliphatic hydroxyl groups is 2. The first-order chi connectivity index (χ1) is 18.0. The summed E-state index contributed by atoms with van der Waals surface area (Å²) in [7, 11) is 0. The van der Waals surface area contributed by atoms with Crippen molar-refractivity contribution >= 4 is 34.7 Å². The number of amides is 1. The summed E-state index contributed by atoms with van der Waals surface area (Å²) in [4.78, 5) is 28.5. The fraction of sp³-hybridized carbons (Fsp3) is 0.600. The monoisotopic (exact) mass is 528 g/mol. The largest absolute Gasteiger partial charge is 0.390 e. The summed E-state index contributed by atoms with van der Waals surface area (Å²) in [6.45, 7) is 7.76. The third kappa shape index (κ3) is 6.02. The highest BCUT2D eigenvalue weighted by molar-refractivity contribution is 7.99. The van der Waals surface area contributed by atoms with Gasteiger partial charge in [-0.15, -0.1) is 5.10 Å². The molecule has 0 aliphatic heterocycles. The number of hydrogen-bond acceptors (Lipinski definition) is 10. The van der Waals surface area contributed by atoms with E-state index in [9.17, 15) is 15.0 Å². The molecule has 3 heterocycles. The van der Waals surface area contributed by atoms with Crippen LogP contribution in [0.4, 0.5) is 5.82 Å². The lowest BCUT2D eigenvalue weighted by molar-refractivity contribution is -0.140. The van der Waals surface area contributed by atoms with Gasteiger partial charge in [0.2, 0.25) is 5.91 Å². The van der Waals surface area contributed by atoms with E-state index in [1.807, 2.05) is 19.1 Å². The summed E-state index contributed by atoms with van der Waals surface area (Å²) in [5.74, 6) is 0.513. The molecule has 1 fully saturated rings. The number of carbonyl (C=O) groups excluding carboxylic acids is 1. The van der Waals surface area contributed by atoms with Gasteiger partial charge in [-0.25, -0.2) is 14.6 Å². The molecule has 0 bridgehead atoms. The maximum absolute atomic E-state index is 13.4. The molecule has 11 nitrogen and oxygen atoms in total. The quantitative estimate of drug-likeness (QED) is 0.182. The predicted molar refractivity (Wildman–Crippen MR) is 142 cm³/mol. The second kappa shape index (κ2) is 12.6. The van der Waals surface area contributed by atoms with Gasteiger partial charge >= 0.3 is 0 Å². The Labute approximate surface area is 221 Å². The van der Waals surface area contributed by atoms with E-state index in [0.29, 0.717) is 35.2 Å². The number of aromatic nitrogens is 6. The van der Waals surface area contributed by atoms with Gasteiger partial charge in [-0.2, -0.15) is 0 Å². The SMILES string of the molecule is CCCCNc1nc(SCCC)nc2c1nnn2[C@@H]1C[C@H](C(=O)N(CC)Cc2ccncc2)[C@@H](O)[C@H]1O. The molecule has 3 aromatic rings. The van der Waals surface area contributed by atoms with Gasteiger partial charge in [-0.1, -0.05) is 37.2 Å². The van der Waals surface area contributed by atoms with Crippen molar-refractivity contribution in [2.45, 2.75) is 76.4 Å². The van der Waals surface area contributed by atoms with Gasteiger partial charge in [0, 0.05) is 37.8 Å². The molecule has 3 N–H and O–H groups in total. The topological polar surface area (TPSA) is 142 Å². The van der Waals surface area contributed by atoms with Crippen LogP contribution in [0.5, 0.6) is 0 Å². The van der Waals surface area contributed by atoms with Crippen LogP contribution in [0.2, 0.25) is 0 Å². The molecule has 200 valence electrons. The van der Waals surface area contributed by atoms with Gasteiger partial charge in [0.05, 0.1) is 18.1 Å². The summed E-state index contributed by atoms with van der Waals surface area (Å²) in [6, 6.07) is 3.08. The number of nitrogens with one attached hydrogen (secondary N) is 1. The van der Waals surface area contributed by atoms with Gasteiger partial charge in [-0.3, -0.25) is 9.78 Å². The second-order valence-electron chi connectivity index (χ2n) is 9.29. The first kappa shape index (κ1) is 27.2. The van der Waals surface area contributed by atoms with E-state index < -0.39 is 24.2 Å². The normalized spacial score (nSPS) is 21.4. The van der Waals surface area contributed by atoms with Crippen LogP contribution in [-0.4, -0.2) is 82.0 Å². The van der Waals surface area contributed by atoms with Crippen molar-refractivity contribution in [1.82, 2.24) is 34.8 Å². The maximum atomic E-state index is 13.4. The van der Waals surface area contributed by atoms with Crippen LogP contribution < -0.4 is 5.32 Å². The molecular formula is C25H36N8O3S. The molecule has 0 unspecified atom stereocenters. The number of unbranched alkanes of at least 4 members (excludes halogenated alkanes) is 1. The molecular weight excluding hydrogens is 492 g/mol. The second-order valence-corrected chi connectivity index (χ2v) is 10.4. The molecule has 1 amide bonds. The zero-order valence-electron chi connectivity index (χ0n) is 21.6. The van der Waals surface area contributed by atoms with Crippen molar-refractivity contribution in [3.63, 3.8) is 0 Å². The first-order valence-electron chi connectivity index (χ1n) is 13.0. The highest BCUT2D eigenvalue weighted by Crippen LogP contribution is 2.38. The van der Waals surface area contributed by atoms with Crippen LogP contribution in [0.15, 0.2) is 29.7 Å². The van der Waals surface area contributed by atoms with E-state index in [0.717, 1.165) is 37.1 Å². The number of rotatable bonds is 12. The summed E-state index contributed by atoms with van der Waals surface area (Å²) in [6.07, 6.45) is 4.21. The van der Waals surface area contributed by atoms with E-state index in [2.05, 4.69) is 39.4 Å². The number of hydrogen-bond donors (Lipinski definition) is 3. The summed E-state index contributed by atoms with van der Waals surface area (Å²) in [5.41, 5.74) is 1.95. The van der Waals surface area contributed by atoms with E-state index in [1.54, 1.807) is 33.7 Å². The fourth-order valence-corrected chi connectivity index (χ4v) is 5.28. The summed E-state index contributed by atoms with van der Waals surface area (Å²) in [5, 5.41) is 34.5. The van der Waals surface area contributed by atoms with Crippen molar-refractivity contribution in [2.24, 2.45) is 5.92 Å². The smallest absolute Gasteiger partial charge is 0.228 e. The Balaban J connectivity index is 1.60. The molecule has 0 aromatic carbocycles. The Morgan fingerprint density at radius 1 is 1.16 bits per heavy atom. The summed E-state index contributed by atoms with van der Waals surface area (Å²) < 4.78 is 1.55. The number of pyridine rings is 1. The molecule has 0 spiro atoms. The fourth-order valence-electron chi connectivity index (χ4n) is 4.58. The van der Waals surface area contributed by atoms with Crippen LogP contribution in [0.3, 0.4) is 0 Å². The Bertz CT molecular complexity index is 1180. The molecule has 4 rings (SSSR count). The number of carbonyl (C=O) groups is 1. The van der Waals surface area contributed by atoms with Crippen molar-refractivity contribution in [2.75, 3.05) is 24.2 Å². The number of thioether (sulfide) groups is 1. The van der Waals surface area contributed by atoms with Crippen LogP contribution in [0.25, 0.3) is 11.2 Å². The molecule has 12 heteroatoms. The summed E-state index contributed by atoms with van der Waals surface area (Å²) >= 11 is 1.55. The minimum absolute atomic E-state index is 0.200. The lowest BCUT2D eigenvalue weighted by Gasteiger charge is -2.26. The van der Waals surface area contributed by atoms with Crippen LogP contribution >= 0.6 is 11.8 Å². The number of fused-ring (bicyclic) bond motifs is 1. The van der Waals surface area contributed by atoms with Crippen LogP contribution in [0, 0.1) is 5.92 Å². The van der Waals surface area contributed by atoms with E-state index in [4.69, 9.17) is 4.98 Å². The Kier molecular flexibility index (Phi) is 9.28. The van der Waals surface area contributed by atoms with Crippen molar-refractivity contribution in [1.29, 1.82) is 0 Å². The third-order valence-corrected chi connectivity index (χ3v) is 7.71. The molecule has 3 aromatic heterocycles. The Hall–Kier alpha value is -2.83. The lowest BCUT2D eigenvalue weighted by atomic mass is 10.0. The number of anilines is 1. The molecule has 0 saturated heterocycles. The molecule has 1 aliphatic rings. The van der Waals surface area contributed by atoms with Crippen LogP contribution in [0.1, 0.15) is 58.1 Å². The average Bonchev–Trinajstić information content (AvgIpc) is 3.47. The molecule has 1 aliphatic carbocycles. The van der Waals surface area contributed by atoms with Gasteiger partial charge in [-0.05, 0) is 43.9 Å². The Morgan fingerprint density at radius 3 is 2.65 bits per heavy atom. The van der Waals surface area contributed by atoms with Crippen molar-refractivity contribution in [3.05, 3.63) is 30.1 Å². The minimum atomic E-state index is -1.22. The zero-order valence-corrected chi connectivity index (χ0v) is 22.4. The predicted octanol–water partition coefficient (Wildman–Crippen LogP) is 2.66. The van der Waals surface area contributed by atoms with Crippen LogP contribution in [-0.2, 0) is 11.3 Å². The zero-order chi connectivity index (χ0) is 26.4. The van der Waals surface area contributed by atoms with E-state index >= 15 is 0 Å². The average molecular weight is 529 g/mol.